The number of hydrogen-bond donors (Lipinski definition) is 1. The Morgan fingerprint density at radius 1 is 0.885 bits per heavy atom. The molecule has 0 atom stereocenters. The van der Waals surface area contributed by atoms with Crippen LogP contribution in [0.25, 0.3) is 0 Å². The zero-order valence-corrected chi connectivity index (χ0v) is 15.1. The highest BCUT2D eigenvalue weighted by molar-refractivity contribution is 6.00. The van der Waals surface area contributed by atoms with Gasteiger partial charge in [-0.2, -0.15) is 0 Å². The van der Waals surface area contributed by atoms with E-state index in [9.17, 15) is 9.59 Å². The van der Waals surface area contributed by atoms with Crippen LogP contribution in [0.3, 0.4) is 0 Å². The first-order valence-corrected chi connectivity index (χ1v) is 7.75. The molecule has 0 radical (unpaired) electrons. The standard InChI is InChI=1S/C19H21NO6/c1-23-15-9-12(10-16(24-2)18(15)26-4)14(21)8-11-6-5-7-13(19(20)22)17(11)25-3/h5-7,9-10H,8H2,1-4H3,(H2,20,22). The number of hydrogen-bond acceptors (Lipinski definition) is 6. The predicted octanol–water partition coefficient (Wildman–Crippen LogP) is 2.25. The van der Waals surface area contributed by atoms with Crippen LogP contribution in [0, 0.1) is 0 Å². The van der Waals surface area contributed by atoms with Gasteiger partial charge in [-0.3, -0.25) is 9.59 Å². The molecule has 138 valence electrons. The molecule has 0 saturated carbocycles. The molecule has 0 bridgehead atoms. The number of para-hydroxylation sites is 1. The zero-order valence-electron chi connectivity index (χ0n) is 15.1. The van der Waals surface area contributed by atoms with Gasteiger partial charge in [-0.15, -0.1) is 0 Å². The zero-order chi connectivity index (χ0) is 19.3. The minimum absolute atomic E-state index is 0.0168. The average molecular weight is 359 g/mol. The summed E-state index contributed by atoms with van der Waals surface area (Å²) in [5.74, 6) is 0.634. The number of nitrogens with two attached hydrogens (primary N) is 1. The number of ketones is 1. The van der Waals surface area contributed by atoms with Crippen LogP contribution in [0.2, 0.25) is 0 Å². The number of rotatable bonds is 8. The van der Waals surface area contributed by atoms with Gasteiger partial charge in [-0.05, 0) is 18.2 Å². The fourth-order valence-electron chi connectivity index (χ4n) is 2.68. The molecule has 0 spiro atoms. The highest BCUT2D eigenvalue weighted by Gasteiger charge is 2.20. The van der Waals surface area contributed by atoms with Crippen LogP contribution < -0.4 is 24.7 Å². The maximum absolute atomic E-state index is 12.8. The molecular weight excluding hydrogens is 338 g/mol. The lowest BCUT2D eigenvalue weighted by atomic mass is 9.99. The highest BCUT2D eigenvalue weighted by atomic mass is 16.5. The smallest absolute Gasteiger partial charge is 0.252 e. The van der Waals surface area contributed by atoms with E-state index < -0.39 is 5.91 Å². The Kier molecular flexibility index (Phi) is 6.06. The normalized spacial score (nSPS) is 10.2. The molecule has 7 heteroatoms. The van der Waals surface area contributed by atoms with E-state index in [1.54, 1.807) is 30.3 Å². The monoisotopic (exact) mass is 359 g/mol. The van der Waals surface area contributed by atoms with Crippen LogP contribution >= 0.6 is 0 Å². The van der Waals surface area contributed by atoms with Crippen LogP contribution in [0.4, 0.5) is 0 Å². The molecule has 0 saturated heterocycles. The molecule has 0 unspecified atom stereocenters. The van der Waals surface area contributed by atoms with Crippen molar-refractivity contribution in [1.29, 1.82) is 0 Å². The van der Waals surface area contributed by atoms with Crippen molar-refractivity contribution < 1.29 is 28.5 Å². The Morgan fingerprint density at radius 3 is 1.92 bits per heavy atom. The first kappa shape index (κ1) is 19.1. The summed E-state index contributed by atoms with van der Waals surface area (Å²) in [5.41, 5.74) is 6.52. The van der Waals surface area contributed by atoms with Gasteiger partial charge in [0.2, 0.25) is 5.75 Å². The van der Waals surface area contributed by atoms with Gasteiger partial charge in [0.1, 0.15) is 5.75 Å². The number of primary amides is 1. The van der Waals surface area contributed by atoms with Gasteiger partial charge in [0.25, 0.3) is 5.91 Å². The van der Waals surface area contributed by atoms with Crippen molar-refractivity contribution in [2.24, 2.45) is 5.73 Å². The average Bonchev–Trinajstić information content (AvgIpc) is 2.66. The molecule has 2 N–H and O–H groups in total. The largest absolute Gasteiger partial charge is 0.496 e. The molecule has 2 aromatic rings. The van der Waals surface area contributed by atoms with Crippen molar-refractivity contribution in [2.45, 2.75) is 6.42 Å². The van der Waals surface area contributed by atoms with Gasteiger partial charge < -0.3 is 24.7 Å². The number of Topliss-reactive ketones (excluding diaryl/α,β-unsaturated/α-hetero) is 1. The lowest BCUT2D eigenvalue weighted by Crippen LogP contribution is -2.14. The fourth-order valence-corrected chi connectivity index (χ4v) is 2.68. The van der Waals surface area contributed by atoms with Gasteiger partial charge in [0.15, 0.2) is 17.3 Å². The molecule has 0 aliphatic carbocycles. The van der Waals surface area contributed by atoms with Crippen LogP contribution in [-0.4, -0.2) is 40.1 Å². The number of carbonyl (C=O) groups excluding carboxylic acids is 2. The molecule has 1 amide bonds. The second-order valence-electron chi connectivity index (χ2n) is 5.38. The van der Waals surface area contributed by atoms with Gasteiger partial charge in [-0.1, -0.05) is 12.1 Å². The third-order valence-corrected chi connectivity index (χ3v) is 3.90. The Hall–Kier alpha value is -3.22. The Morgan fingerprint density at radius 2 is 1.46 bits per heavy atom. The summed E-state index contributed by atoms with van der Waals surface area (Å²) in [6.45, 7) is 0. The highest BCUT2D eigenvalue weighted by Crippen LogP contribution is 2.38. The van der Waals surface area contributed by atoms with Crippen LogP contribution in [-0.2, 0) is 6.42 Å². The second kappa shape index (κ2) is 8.24. The summed E-state index contributed by atoms with van der Waals surface area (Å²) in [4.78, 5) is 24.3. The van der Waals surface area contributed by atoms with Crippen molar-refractivity contribution in [3.63, 3.8) is 0 Å². The quantitative estimate of drug-likeness (QED) is 0.726. The van der Waals surface area contributed by atoms with E-state index in [0.29, 0.717) is 34.1 Å². The number of methoxy groups -OCH3 is 4. The molecule has 26 heavy (non-hydrogen) atoms. The van der Waals surface area contributed by atoms with Gasteiger partial charge in [0, 0.05) is 17.5 Å². The number of ether oxygens (including phenoxy) is 4. The lowest BCUT2D eigenvalue weighted by molar-refractivity contribution is 0.0980. The SMILES string of the molecule is COc1cc(C(=O)Cc2cccc(C(N)=O)c2OC)cc(OC)c1OC. The lowest BCUT2D eigenvalue weighted by Gasteiger charge is -2.14. The Labute approximate surface area is 151 Å². The van der Waals surface area contributed by atoms with Crippen LogP contribution in [0.1, 0.15) is 26.3 Å². The first-order valence-electron chi connectivity index (χ1n) is 7.75. The van der Waals surface area contributed by atoms with E-state index in [2.05, 4.69) is 0 Å². The first-order chi connectivity index (χ1) is 12.5. The second-order valence-corrected chi connectivity index (χ2v) is 5.38. The molecular formula is C19H21NO6. The number of carbonyl (C=O) groups is 2. The molecule has 0 aromatic heterocycles. The molecule has 7 nitrogen and oxygen atoms in total. The third kappa shape index (κ3) is 3.72. The molecule has 0 aliphatic rings. The molecule has 0 fully saturated rings. The van der Waals surface area contributed by atoms with Gasteiger partial charge >= 0.3 is 0 Å². The van der Waals surface area contributed by atoms with Gasteiger partial charge in [-0.25, -0.2) is 0 Å². The minimum atomic E-state index is -0.621. The summed E-state index contributed by atoms with van der Waals surface area (Å²) in [7, 11) is 5.87. The van der Waals surface area contributed by atoms with E-state index >= 15 is 0 Å². The summed E-state index contributed by atoms with van der Waals surface area (Å²) in [6, 6.07) is 8.07. The number of benzene rings is 2. The molecule has 0 heterocycles. The van der Waals surface area contributed by atoms with Crippen LogP contribution in [0.5, 0.6) is 23.0 Å². The topological polar surface area (TPSA) is 97.1 Å². The summed E-state index contributed by atoms with van der Waals surface area (Å²) in [6.07, 6.45) is 0.0168. The molecule has 2 aromatic carbocycles. The van der Waals surface area contributed by atoms with Gasteiger partial charge in [0.05, 0.1) is 34.0 Å². The Balaban J connectivity index is 2.42. The van der Waals surface area contributed by atoms with Crippen LogP contribution in [0.15, 0.2) is 30.3 Å². The summed E-state index contributed by atoms with van der Waals surface area (Å²) in [5, 5.41) is 0. The minimum Gasteiger partial charge on any atom is -0.496 e. The van der Waals surface area contributed by atoms with E-state index in [1.165, 1.54) is 28.4 Å². The van der Waals surface area contributed by atoms with Crippen molar-refractivity contribution in [2.75, 3.05) is 28.4 Å². The van der Waals surface area contributed by atoms with E-state index in [0.717, 1.165) is 0 Å². The van der Waals surface area contributed by atoms with E-state index in [-0.39, 0.29) is 17.8 Å². The fraction of sp³-hybridized carbons (Fsp3) is 0.263. The molecule has 2 rings (SSSR count). The maximum atomic E-state index is 12.8. The summed E-state index contributed by atoms with van der Waals surface area (Å²) >= 11 is 0. The maximum Gasteiger partial charge on any atom is 0.252 e. The van der Waals surface area contributed by atoms with Crippen molar-refractivity contribution in [3.05, 3.63) is 47.0 Å². The van der Waals surface area contributed by atoms with E-state index in [1.807, 2.05) is 0 Å². The predicted molar refractivity (Wildman–Crippen MR) is 95.6 cm³/mol. The van der Waals surface area contributed by atoms with Crippen molar-refractivity contribution >= 4 is 11.7 Å². The third-order valence-electron chi connectivity index (χ3n) is 3.90. The Bertz CT molecular complexity index is 806. The van der Waals surface area contributed by atoms with Crippen molar-refractivity contribution in [1.82, 2.24) is 0 Å². The van der Waals surface area contributed by atoms with E-state index in [4.69, 9.17) is 24.7 Å². The number of amides is 1. The van der Waals surface area contributed by atoms with Crippen molar-refractivity contribution in [3.8, 4) is 23.0 Å². The summed E-state index contributed by atoms with van der Waals surface area (Å²) < 4.78 is 21.1. The molecule has 0 aliphatic heterocycles.